The van der Waals surface area contributed by atoms with E-state index in [9.17, 15) is 0 Å². The van der Waals surface area contributed by atoms with Crippen LogP contribution in [0.3, 0.4) is 0 Å². The summed E-state index contributed by atoms with van der Waals surface area (Å²) >= 11 is 0. The van der Waals surface area contributed by atoms with Gasteiger partial charge in [0.1, 0.15) is 0 Å². The summed E-state index contributed by atoms with van der Waals surface area (Å²) < 4.78 is 0. The number of fused-ring (bicyclic) bond motifs is 1. The smallest absolute Gasteiger partial charge is 0.0456 e. The summed E-state index contributed by atoms with van der Waals surface area (Å²) in [5, 5.41) is 1.40. The van der Waals surface area contributed by atoms with Crippen molar-refractivity contribution in [3.8, 4) is 0 Å². The summed E-state index contributed by atoms with van der Waals surface area (Å²) in [6, 6.07) is 20.4. The second kappa shape index (κ2) is 9.23. The summed E-state index contributed by atoms with van der Waals surface area (Å²) in [7, 11) is 0. The van der Waals surface area contributed by atoms with Gasteiger partial charge in [0.2, 0.25) is 0 Å². The van der Waals surface area contributed by atoms with Gasteiger partial charge in [0.05, 0.1) is 0 Å². The number of nitrogens with zero attached hydrogens (tertiary/aromatic N) is 1. The first-order valence-corrected chi connectivity index (χ1v) is 10.7. The number of likely N-dealkylation sites (tertiary alicyclic amines) is 1. The van der Waals surface area contributed by atoms with Gasteiger partial charge in [-0.1, -0.05) is 55.0 Å². The number of para-hydroxylation sites is 1. The quantitative estimate of drug-likeness (QED) is 0.490. The number of unbranched alkanes of at least 4 members (excludes halogenated alkanes) is 1. The number of hydrogen-bond acceptors (Lipinski definition) is 1. The lowest BCUT2D eigenvalue weighted by atomic mass is 9.95. The largest absolute Gasteiger partial charge is 0.361 e. The van der Waals surface area contributed by atoms with Gasteiger partial charge >= 0.3 is 0 Å². The predicted molar refractivity (Wildman–Crippen MR) is 115 cm³/mol. The van der Waals surface area contributed by atoms with Crippen LogP contribution >= 0.6 is 0 Å². The number of aromatic nitrogens is 1. The summed E-state index contributed by atoms with van der Waals surface area (Å²) in [6.07, 6.45) is 12.7. The number of aryl methyl sites for hydroxylation is 2. The highest BCUT2D eigenvalue weighted by Gasteiger charge is 2.21. The third-order valence-corrected chi connectivity index (χ3v) is 6.17. The van der Waals surface area contributed by atoms with E-state index >= 15 is 0 Å². The molecule has 1 aliphatic heterocycles. The van der Waals surface area contributed by atoms with Gasteiger partial charge < -0.3 is 9.88 Å². The molecule has 0 bridgehead atoms. The summed E-state index contributed by atoms with van der Waals surface area (Å²) in [5.74, 6) is 0. The van der Waals surface area contributed by atoms with Gasteiger partial charge in [-0.25, -0.2) is 0 Å². The third kappa shape index (κ3) is 4.81. The van der Waals surface area contributed by atoms with Crippen LogP contribution in [-0.4, -0.2) is 29.0 Å². The Morgan fingerprint density at radius 2 is 1.74 bits per heavy atom. The molecule has 2 heteroatoms. The molecular weight excluding hydrogens is 328 g/mol. The molecule has 1 atom stereocenters. The molecule has 0 spiro atoms. The van der Waals surface area contributed by atoms with Gasteiger partial charge in [0.25, 0.3) is 0 Å². The highest BCUT2D eigenvalue weighted by atomic mass is 15.2. The summed E-state index contributed by atoms with van der Waals surface area (Å²) in [4.78, 5) is 6.19. The van der Waals surface area contributed by atoms with Crippen molar-refractivity contribution >= 4 is 10.9 Å². The zero-order valence-corrected chi connectivity index (χ0v) is 16.4. The number of benzene rings is 2. The van der Waals surface area contributed by atoms with Crippen LogP contribution in [0, 0.1) is 0 Å². The van der Waals surface area contributed by atoms with Crippen LogP contribution in [0.5, 0.6) is 0 Å². The van der Waals surface area contributed by atoms with E-state index in [1.807, 2.05) is 0 Å². The Labute approximate surface area is 163 Å². The molecule has 0 amide bonds. The molecule has 27 heavy (non-hydrogen) atoms. The van der Waals surface area contributed by atoms with Gasteiger partial charge in [-0.3, -0.25) is 0 Å². The van der Waals surface area contributed by atoms with Crippen LogP contribution in [0.1, 0.15) is 49.7 Å². The lowest BCUT2D eigenvalue weighted by molar-refractivity contribution is 0.138. The predicted octanol–water partition coefficient (Wildman–Crippen LogP) is 5.98. The molecule has 1 aliphatic rings. The topological polar surface area (TPSA) is 19.0 Å². The number of hydrogen-bond donors (Lipinski definition) is 1. The van der Waals surface area contributed by atoms with Crippen molar-refractivity contribution in [2.45, 2.75) is 57.4 Å². The van der Waals surface area contributed by atoms with E-state index in [1.165, 1.54) is 86.5 Å². The average molecular weight is 361 g/mol. The molecule has 3 aromatic rings. The zero-order chi connectivity index (χ0) is 18.3. The normalized spacial score (nSPS) is 18.1. The van der Waals surface area contributed by atoms with Crippen LogP contribution in [0.15, 0.2) is 60.8 Å². The molecule has 2 heterocycles. The molecule has 4 rings (SSSR count). The Bertz CT molecular complexity index is 820. The van der Waals surface area contributed by atoms with Crippen molar-refractivity contribution in [3.05, 3.63) is 71.9 Å². The minimum Gasteiger partial charge on any atom is -0.361 e. The number of piperidine rings is 1. The molecule has 1 unspecified atom stereocenters. The Morgan fingerprint density at radius 1 is 0.889 bits per heavy atom. The SMILES string of the molecule is c1ccc(CCC2CCCCN2CCCCc2c[nH]c3ccccc23)cc1. The molecule has 1 N–H and O–H groups in total. The van der Waals surface area contributed by atoms with Crippen molar-refractivity contribution in [3.63, 3.8) is 0 Å². The van der Waals surface area contributed by atoms with Gasteiger partial charge in [0, 0.05) is 23.1 Å². The number of nitrogens with one attached hydrogen (secondary N) is 1. The maximum atomic E-state index is 3.41. The molecule has 2 nitrogen and oxygen atoms in total. The molecular formula is C25H32N2. The van der Waals surface area contributed by atoms with E-state index in [-0.39, 0.29) is 0 Å². The summed E-state index contributed by atoms with van der Waals surface area (Å²) in [5.41, 5.74) is 4.23. The van der Waals surface area contributed by atoms with Crippen LogP contribution in [0.25, 0.3) is 10.9 Å². The van der Waals surface area contributed by atoms with Gasteiger partial charge in [-0.2, -0.15) is 0 Å². The first-order valence-electron chi connectivity index (χ1n) is 10.7. The Kier molecular flexibility index (Phi) is 6.26. The lowest BCUT2D eigenvalue weighted by Gasteiger charge is -2.36. The first kappa shape index (κ1) is 18.3. The van der Waals surface area contributed by atoms with E-state index in [0.29, 0.717) is 0 Å². The Hall–Kier alpha value is -2.06. The average Bonchev–Trinajstić information content (AvgIpc) is 3.14. The highest BCUT2D eigenvalue weighted by Crippen LogP contribution is 2.23. The molecule has 0 aliphatic carbocycles. The van der Waals surface area contributed by atoms with E-state index in [0.717, 1.165) is 6.04 Å². The van der Waals surface area contributed by atoms with Gasteiger partial charge in [-0.15, -0.1) is 0 Å². The molecule has 142 valence electrons. The van der Waals surface area contributed by atoms with Crippen LogP contribution in [0.2, 0.25) is 0 Å². The van der Waals surface area contributed by atoms with Crippen molar-refractivity contribution in [1.29, 1.82) is 0 Å². The van der Waals surface area contributed by atoms with Gasteiger partial charge in [-0.05, 0) is 75.2 Å². The van der Waals surface area contributed by atoms with Gasteiger partial charge in [0.15, 0.2) is 0 Å². The molecule has 1 saturated heterocycles. The Balaban J connectivity index is 1.24. The monoisotopic (exact) mass is 360 g/mol. The molecule has 0 saturated carbocycles. The van der Waals surface area contributed by atoms with E-state index in [1.54, 1.807) is 0 Å². The number of rotatable bonds is 8. The van der Waals surface area contributed by atoms with Crippen molar-refractivity contribution in [2.75, 3.05) is 13.1 Å². The van der Waals surface area contributed by atoms with Crippen molar-refractivity contribution in [2.24, 2.45) is 0 Å². The second-order valence-electron chi connectivity index (χ2n) is 8.03. The van der Waals surface area contributed by atoms with E-state index < -0.39 is 0 Å². The fourth-order valence-corrected chi connectivity index (χ4v) is 4.63. The van der Waals surface area contributed by atoms with Crippen LogP contribution in [-0.2, 0) is 12.8 Å². The minimum atomic E-state index is 0.784. The third-order valence-electron chi connectivity index (χ3n) is 6.17. The molecule has 1 fully saturated rings. The first-order chi connectivity index (χ1) is 13.4. The molecule has 1 aromatic heterocycles. The maximum absolute atomic E-state index is 3.41. The molecule has 2 aromatic carbocycles. The fourth-order valence-electron chi connectivity index (χ4n) is 4.63. The number of H-pyrrole nitrogens is 1. The van der Waals surface area contributed by atoms with Crippen LogP contribution in [0.4, 0.5) is 0 Å². The summed E-state index contributed by atoms with van der Waals surface area (Å²) in [6.45, 7) is 2.56. The lowest BCUT2D eigenvalue weighted by Crippen LogP contribution is -2.40. The van der Waals surface area contributed by atoms with Crippen molar-refractivity contribution < 1.29 is 0 Å². The molecule has 0 radical (unpaired) electrons. The minimum absolute atomic E-state index is 0.784. The van der Waals surface area contributed by atoms with E-state index in [4.69, 9.17) is 0 Å². The Morgan fingerprint density at radius 3 is 2.67 bits per heavy atom. The fraction of sp³-hybridized carbons (Fsp3) is 0.440. The standard InChI is InChI=1S/C25H32N2/c1-2-10-21(11-3-1)16-17-23-13-7-9-19-27(23)18-8-6-12-22-20-26-25-15-5-4-14-24(22)25/h1-5,10-11,14-15,20,23,26H,6-9,12-13,16-19H2. The highest BCUT2D eigenvalue weighted by molar-refractivity contribution is 5.82. The van der Waals surface area contributed by atoms with Crippen molar-refractivity contribution in [1.82, 2.24) is 9.88 Å². The number of aromatic amines is 1. The zero-order valence-electron chi connectivity index (χ0n) is 16.4. The van der Waals surface area contributed by atoms with E-state index in [2.05, 4.69) is 70.7 Å². The van der Waals surface area contributed by atoms with Crippen LogP contribution < -0.4 is 0 Å². The maximum Gasteiger partial charge on any atom is 0.0456 e. The second-order valence-corrected chi connectivity index (χ2v) is 8.03.